The van der Waals surface area contributed by atoms with E-state index in [1.54, 1.807) is 0 Å². The summed E-state index contributed by atoms with van der Waals surface area (Å²) in [6.07, 6.45) is 14.3. The molecule has 6 rings (SSSR count). The van der Waals surface area contributed by atoms with Gasteiger partial charge < -0.3 is 18.4 Å². The van der Waals surface area contributed by atoms with E-state index in [4.69, 9.17) is 9.47 Å². The molecule has 0 N–H and O–H groups in total. The van der Waals surface area contributed by atoms with E-state index in [1.165, 1.54) is 85.0 Å². The lowest BCUT2D eigenvalue weighted by molar-refractivity contribution is -0.876. The van der Waals surface area contributed by atoms with Crippen LogP contribution in [0.3, 0.4) is 0 Å². The number of nitrogens with zero attached hydrogens (tertiary/aromatic N) is 4. The normalized spacial score (nSPS) is 25.9. The summed E-state index contributed by atoms with van der Waals surface area (Å²) in [5.74, 6) is 2.45. The van der Waals surface area contributed by atoms with Crippen molar-refractivity contribution in [3.63, 3.8) is 0 Å². The van der Waals surface area contributed by atoms with E-state index in [9.17, 15) is 0 Å². The van der Waals surface area contributed by atoms with Crippen molar-refractivity contribution in [3.8, 4) is 11.5 Å². The average molecular weight is 701 g/mol. The third-order valence-electron chi connectivity index (χ3n) is 12.8. The summed E-state index contributed by atoms with van der Waals surface area (Å²) in [4.78, 5) is 0. The lowest BCUT2D eigenvalue weighted by atomic mass is 9.69. The number of ether oxygens (including phenoxy) is 2. The third-order valence-corrected chi connectivity index (χ3v) is 12.8. The monoisotopic (exact) mass is 701 g/mol. The Balaban J connectivity index is 1.49. The van der Waals surface area contributed by atoms with Crippen molar-refractivity contribution >= 4 is 12.4 Å². The van der Waals surface area contributed by atoms with Crippen molar-refractivity contribution in [1.82, 2.24) is 0 Å². The highest BCUT2D eigenvalue weighted by molar-refractivity contribution is 5.85. The molecule has 1 saturated carbocycles. The van der Waals surface area contributed by atoms with E-state index in [0.717, 1.165) is 33.3 Å². The smallest absolute Gasteiger partial charge is 0.340 e. The van der Waals surface area contributed by atoms with Crippen LogP contribution in [0.1, 0.15) is 146 Å². The van der Waals surface area contributed by atoms with Crippen LogP contribution in [0.2, 0.25) is 0 Å². The van der Waals surface area contributed by atoms with Gasteiger partial charge in [-0.25, -0.2) is 0 Å². The van der Waals surface area contributed by atoms with Gasteiger partial charge in [0.05, 0.1) is 66.5 Å². The van der Waals surface area contributed by atoms with Crippen LogP contribution in [0.4, 0.5) is 0 Å². The standard InChI is InChI=1S/C45H72N4O2/c1-32-26-34(33(20-18-24-48(10,11)12)21-19-25-49(13,14)15)27-35-30-46-43(8)22-16-17-23-44(43,9)47-31-36-28-37(41(2,3)4)29-38(42(5,6)7)40(36)51-45(46,47)50-39(32)35/h26-31,33H,16-25H2,1-15H3/q+4/t43-,44-,45?/m0/s1. The van der Waals surface area contributed by atoms with Gasteiger partial charge in [0.2, 0.25) is 11.1 Å². The number of rotatable bonds is 9. The molecule has 1 spiro atoms. The van der Waals surface area contributed by atoms with Crippen LogP contribution < -0.4 is 9.47 Å². The maximum atomic E-state index is 7.52. The van der Waals surface area contributed by atoms with Crippen LogP contribution in [0.15, 0.2) is 24.3 Å². The Labute approximate surface area is 311 Å². The Morgan fingerprint density at radius 2 is 1.18 bits per heavy atom. The van der Waals surface area contributed by atoms with Crippen molar-refractivity contribution in [2.75, 3.05) is 55.4 Å². The van der Waals surface area contributed by atoms with Crippen molar-refractivity contribution in [2.24, 2.45) is 0 Å². The summed E-state index contributed by atoms with van der Waals surface area (Å²) >= 11 is 0. The molecule has 6 heteroatoms. The number of benzene rings is 2. The molecule has 0 radical (unpaired) electrons. The number of aryl methyl sites for hydroxylation is 1. The summed E-state index contributed by atoms with van der Waals surface area (Å²) in [6, 6.07) is 8.59. The molecular weight excluding hydrogens is 629 g/mol. The third kappa shape index (κ3) is 6.82. The minimum absolute atomic E-state index is 0.0246. The van der Waals surface area contributed by atoms with Crippen LogP contribution >= 0.6 is 0 Å². The molecule has 280 valence electrons. The lowest BCUT2D eigenvalue weighted by Crippen LogP contribution is -2.61. The Morgan fingerprint density at radius 1 is 0.686 bits per heavy atom. The Bertz CT molecular complexity index is 1720. The Morgan fingerprint density at radius 3 is 1.65 bits per heavy atom. The first-order valence-electron chi connectivity index (χ1n) is 20.0. The molecule has 4 aliphatic rings. The van der Waals surface area contributed by atoms with Gasteiger partial charge in [-0.2, -0.15) is 0 Å². The average Bonchev–Trinajstić information content (AvgIpc) is 3.15. The largest absolute Gasteiger partial charge is 0.705 e. The Hall–Kier alpha value is -2.70. The van der Waals surface area contributed by atoms with Crippen molar-refractivity contribution < 1.29 is 27.6 Å². The maximum Gasteiger partial charge on any atom is 0.705 e. The second-order valence-corrected chi connectivity index (χ2v) is 21.2. The van der Waals surface area contributed by atoms with Gasteiger partial charge in [-0.3, -0.25) is 0 Å². The Kier molecular flexibility index (Phi) is 9.27. The molecule has 3 aliphatic heterocycles. The minimum Gasteiger partial charge on any atom is -0.340 e. The van der Waals surface area contributed by atoms with Crippen LogP contribution in [-0.2, 0) is 10.8 Å². The molecule has 2 aromatic carbocycles. The van der Waals surface area contributed by atoms with E-state index in [-0.39, 0.29) is 21.9 Å². The first-order valence-corrected chi connectivity index (χ1v) is 20.0. The van der Waals surface area contributed by atoms with Crippen LogP contribution in [0, 0.1) is 6.92 Å². The quantitative estimate of drug-likeness (QED) is 0.193. The predicted molar refractivity (Wildman–Crippen MR) is 212 cm³/mol. The molecule has 2 aromatic rings. The molecule has 3 heterocycles. The van der Waals surface area contributed by atoms with E-state index in [1.807, 2.05) is 0 Å². The van der Waals surface area contributed by atoms with E-state index in [2.05, 4.69) is 150 Å². The second kappa shape index (κ2) is 12.4. The SMILES string of the molecule is Cc1cc(C(CCC[N+](C)(C)C)CCC[N+](C)(C)C)cc2c1OC13Oc4c(cc(C(C)(C)C)cc4C(C)(C)C)C=[N+]1[C@@]1(C)CCCC[C@]1(C)[N+]3=C2. The van der Waals surface area contributed by atoms with E-state index >= 15 is 0 Å². The molecule has 1 saturated heterocycles. The number of hydrogen-bond acceptors (Lipinski definition) is 2. The lowest BCUT2D eigenvalue weighted by Gasteiger charge is -2.34. The molecule has 2 fully saturated rings. The van der Waals surface area contributed by atoms with Gasteiger partial charge in [0.25, 0.3) is 0 Å². The van der Waals surface area contributed by atoms with Crippen molar-refractivity contribution in [2.45, 2.75) is 148 Å². The molecule has 0 aromatic heterocycles. The first kappa shape index (κ1) is 38.0. The second-order valence-electron chi connectivity index (χ2n) is 21.2. The molecule has 6 nitrogen and oxygen atoms in total. The molecule has 1 unspecified atom stereocenters. The van der Waals surface area contributed by atoms with Crippen molar-refractivity contribution in [1.29, 1.82) is 0 Å². The van der Waals surface area contributed by atoms with Gasteiger partial charge in [0.1, 0.15) is 0 Å². The predicted octanol–water partition coefficient (Wildman–Crippen LogP) is 8.71. The molecule has 51 heavy (non-hydrogen) atoms. The topological polar surface area (TPSA) is 24.5 Å². The van der Waals surface area contributed by atoms with E-state index in [0.29, 0.717) is 5.92 Å². The summed E-state index contributed by atoms with van der Waals surface area (Å²) in [5.41, 5.74) is 7.20. The van der Waals surface area contributed by atoms with Gasteiger partial charge in [-0.1, -0.05) is 62.8 Å². The van der Waals surface area contributed by atoms with Crippen LogP contribution in [0.25, 0.3) is 0 Å². The first-order chi connectivity index (χ1) is 23.4. The highest BCUT2D eigenvalue weighted by Crippen LogP contribution is 2.56. The van der Waals surface area contributed by atoms with Crippen LogP contribution in [-0.4, -0.2) is 103 Å². The van der Waals surface area contributed by atoms with Crippen molar-refractivity contribution in [3.05, 3.63) is 57.6 Å². The minimum atomic E-state index is -1.09. The molecule has 1 aliphatic carbocycles. The van der Waals surface area contributed by atoms with Gasteiger partial charge >= 0.3 is 6.03 Å². The molecule has 3 atom stereocenters. The highest BCUT2D eigenvalue weighted by Gasteiger charge is 2.86. The maximum absolute atomic E-state index is 7.52. The summed E-state index contributed by atoms with van der Waals surface area (Å²) < 4.78 is 22.0. The number of hydrogen-bond donors (Lipinski definition) is 0. The van der Waals surface area contributed by atoms with Crippen LogP contribution in [0.5, 0.6) is 11.5 Å². The summed E-state index contributed by atoms with van der Waals surface area (Å²) in [6.45, 7) is 23.4. The number of fused-ring (bicyclic) bond motifs is 5. The fourth-order valence-corrected chi connectivity index (χ4v) is 9.44. The summed E-state index contributed by atoms with van der Waals surface area (Å²) in [5, 5.41) is 0. The zero-order valence-electron chi connectivity index (χ0n) is 35.2. The van der Waals surface area contributed by atoms with Gasteiger partial charge in [-0.05, 0) is 91.0 Å². The molecule has 0 bridgehead atoms. The molecule has 0 amide bonds. The van der Waals surface area contributed by atoms with Gasteiger partial charge in [0, 0.05) is 32.3 Å². The molecular formula is C45H72N4O2+4. The highest BCUT2D eigenvalue weighted by atomic mass is 16.7. The zero-order chi connectivity index (χ0) is 37.6. The fourth-order valence-electron chi connectivity index (χ4n) is 9.44. The fraction of sp³-hybridized carbons (Fsp3) is 0.689. The number of quaternary nitrogens is 2. The van der Waals surface area contributed by atoms with Gasteiger partial charge in [0.15, 0.2) is 23.9 Å². The van der Waals surface area contributed by atoms with E-state index < -0.39 is 6.03 Å². The zero-order valence-corrected chi connectivity index (χ0v) is 35.2. The summed E-state index contributed by atoms with van der Waals surface area (Å²) in [7, 11) is 13.9. The van der Waals surface area contributed by atoms with Gasteiger partial charge in [-0.15, -0.1) is 0 Å².